The number of rotatable bonds is 1. The molecule has 0 aliphatic carbocycles. The maximum absolute atomic E-state index is 6.30. The lowest BCUT2D eigenvalue weighted by molar-refractivity contribution is 1.38. The predicted octanol–water partition coefficient (Wildman–Crippen LogP) is 4.10. The van der Waals surface area contributed by atoms with Crippen LogP contribution >= 0.6 is 0 Å². The zero-order valence-corrected chi connectivity index (χ0v) is 11.1. The van der Waals surface area contributed by atoms with Crippen LogP contribution < -0.4 is 5.73 Å². The molecule has 19 heavy (non-hydrogen) atoms. The zero-order chi connectivity index (χ0) is 13.4. The van der Waals surface area contributed by atoms with Gasteiger partial charge in [0.2, 0.25) is 0 Å². The molecule has 0 unspecified atom stereocenters. The summed E-state index contributed by atoms with van der Waals surface area (Å²) in [5.74, 6) is 0. The molecule has 2 nitrogen and oxygen atoms in total. The zero-order valence-electron chi connectivity index (χ0n) is 11.1. The maximum atomic E-state index is 6.30. The van der Waals surface area contributed by atoms with Crippen molar-refractivity contribution in [1.29, 1.82) is 0 Å². The minimum atomic E-state index is 0.755. The molecule has 0 spiro atoms. The Balaban J connectivity index is 2.28. The van der Waals surface area contributed by atoms with Crippen LogP contribution in [0.25, 0.3) is 22.0 Å². The van der Waals surface area contributed by atoms with E-state index in [-0.39, 0.29) is 0 Å². The maximum Gasteiger partial charge on any atom is 0.0937 e. The number of hydrogen-bond acceptors (Lipinski definition) is 2. The van der Waals surface area contributed by atoms with E-state index in [9.17, 15) is 0 Å². The summed E-state index contributed by atoms with van der Waals surface area (Å²) in [5.41, 5.74) is 12.7. The first-order valence-electron chi connectivity index (χ1n) is 6.37. The summed E-state index contributed by atoms with van der Waals surface area (Å²) in [5, 5.41) is 1.08. The molecule has 0 bridgehead atoms. The SMILES string of the molecule is Cc1ccc(-c2ccc3cccnc3c2N)c(C)c1. The highest BCUT2D eigenvalue weighted by Gasteiger charge is 2.09. The van der Waals surface area contributed by atoms with E-state index >= 15 is 0 Å². The van der Waals surface area contributed by atoms with Gasteiger partial charge in [-0.2, -0.15) is 0 Å². The van der Waals surface area contributed by atoms with Crippen molar-refractivity contribution in [2.45, 2.75) is 13.8 Å². The third-order valence-electron chi connectivity index (χ3n) is 3.49. The van der Waals surface area contributed by atoms with E-state index in [1.807, 2.05) is 12.1 Å². The largest absolute Gasteiger partial charge is 0.396 e. The summed E-state index contributed by atoms with van der Waals surface area (Å²) in [6.45, 7) is 4.21. The highest BCUT2D eigenvalue weighted by atomic mass is 14.7. The molecule has 3 rings (SSSR count). The first kappa shape index (κ1) is 11.7. The topological polar surface area (TPSA) is 38.9 Å². The number of pyridine rings is 1. The smallest absolute Gasteiger partial charge is 0.0937 e. The molecule has 0 aliphatic heterocycles. The Kier molecular flexibility index (Phi) is 2.71. The Morgan fingerprint density at radius 2 is 1.74 bits per heavy atom. The molecular formula is C17H16N2. The number of benzene rings is 2. The van der Waals surface area contributed by atoms with Gasteiger partial charge < -0.3 is 5.73 Å². The summed E-state index contributed by atoms with van der Waals surface area (Å²) >= 11 is 0. The second kappa shape index (κ2) is 4.39. The van der Waals surface area contributed by atoms with Gasteiger partial charge in [0.05, 0.1) is 11.2 Å². The third-order valence-corrected chi connectivity index (χ3v) is 3.49. The van der Waals surface area contributed by atoms with Crippen LogP contribution in [-0.4, -0.2) is 4.98 Å². The molecule has 3 aromatic rings. The van der Waals surface area contributed by atoms with Crippen LogP contribution in [0.4, 0.5) is 5.69 Å². The number of anilines is 1. The molecule has 2 aromatic carbocycles. The number of aromatic nitrogens is 1. The van der Waals surface area contributed by atoms with Crippen molar-refractivity contribution in [3.8, 4) is 11.1 Å². The van der Waals surface area contributed by atoms with Gasteiger partial charge in [0.15, 0.2) is 0 Å². The van der Waals surface area contributed by atoms with Gasteiger partial charge in [0.25, 0.3) is 0 Å². The predicted molar refractivity (Wildman–Crippen MR) is 81.1 cm³/mol. The summed E-state index contributed by atoms with van der Waals surface area (Å²) < 4.78 is 0. The number of aryl methyl sites for hydroxylation is 2. The molecule has 0 amide bonds. The number of nitrogen functional groups attached to an aromatic ring is 1. The molecule has 2 N–H and O–H groups in total. The molecule has 0 saturated carbocycles. The van der Waals surface area contributed by atoms with Gasteiger partial charge in [-0.05, 0) is 31.0 Å². The van der Waals surface area contributed by atoms with Gasteiger partial charge >= 0.3 is 0 Å². The van der Waals surface area contributed by atoms with Gasteiger partial charge in [-0.3, -0.25) is 4.98 Å². The Bertz CT molecular complexity index is 760. The van der Waals surface area contributed by atoms with Crippen LogP contribution in [0.2, 0.25) is 0 Å². The van der Waals surface area contributed by atoms with Crippen molar-refractivity contribution in [2.75, 3.05) is 5.73 Å². The quantitative estimate of drug-likeness (QED) is 0.658. The molecule has 94 valence electrons. The minimum Gasteiger partial charge on any atom is -0.396 e. The van der Waals surface area contributed by atoms with E-state index in [2.05, 4.69) is 49.2 Å². The second-order valence-electron chi connectivity index (χ2n) is 4.92. The van der Waals surface area contributed by atoms with Crippen LogP contribution in [0.5, 0.6) is 0 Å². The number of hydrogen-bond donors (Lipinski definition) is 1. The van der Waals surface area contributed by atoms with Gasteiger partial charge in [-0.15, -0.1) is 0 Å². The van der Waals surface area contributed by atoms with Crippen LogP contribution in [0, 0.1) is 13.8 Å². The normalized spacial score (nSPS) is 10.8. The van der Waals surface area contributed by atoms with Gasteiger partial charge in [-0.1, -0.05) is 42.0 Å². The number of nitrogens with zero attached hydrogens (tertiary/aromatic N) is 1. The molecule has 0 atom stereocenters. The van der Waals surface area contributed by atoms with Gasteiger partial charge in [-0.25, -0.2) is 0 Å². The lowest BCUT2D eigenvalue weighted by Crippen LogP contribution is -1.95. The Morgan fingerprint density at radius 3 is 2.53 bits per heavy atom. The monoisotopic (exact) mass is 248 g/mol. The van der Waals surface area contributed by atoms with Crippen molar-refractivity contribution < 1.29 is 0 Å². The van der Waals surface area contributed by atoms with Crippen molar-refractivity contribution in [3.05, 3.63) is 59.8 Å². The fourth-order valence-corrected chi connectivity index (χ4v) is 2.52. The van der Waals surface area contributed by atoms with Crippen molar-refractivity contribution in [3.63, 3.8) is 0 Å². The second-order valence-corrected chi connectivity index (χ2v) is 4.92. The third kappa shape index (κ3) is 1.95. The summed E-state index contributed by atoms with van der Waals surface area (Å²) in [4.78, 5) is 4.39. The fraction of sp³-hybridized carbons (Fsp3) is 0.118. The van der Waals surface area contributed by atoms with E-state index in [4.69, 9.17) is 5.73 Å². The number of nitrogens with two attached hydrogens (primary N) is 1. The summed E-state index contributed by atoms with van der Waals surface area (Å²) in [6.07, 6.45) is 1.78. The van der Waals surface area contributed by atoms with Gasteiger partial charge in [0, 0.05) is 17.1 Å². The van der Waals surface area contributed by atoms with Gasteiger partial charge in [0.1, 0.15) is 0 Å². The first-order valence-corrected chi connectivity index (χ1v) is 6.37. The highest BCUT2D eigenvalue weighted by Crippen LogP contribution is 2.33. The van der Waals surface area contributed by atoms with Crippen LogP contribution in [-0.2, 0) is 0 Å². The van der Waals surface area contributed by atoms with Crippen molar-refractivity contribution >= 4 is 16.6 Å². The molecule has 0 radical (unpaired) electrons. The first-order chi connectivity index (χ1) is 9.16. The van der Waals surface area contributed by atoms with Crippen LogP contribution in [0.3, 0.4) is 0 Å². The lowest BCUT2D eigenvalue weighted by atomic mass is 9.96. The Hall–Kier alpha value is -2.35. The molecule has 0 aliphatic rings. The molecule has 0 saturated heterocycles. The Labute approximate surface area is 112 Å². The minimum absolute atomic E-state index is 0.755. The summed E-state index contributed by atoms with van der Waals surface area (Å²) in [6, 6.07) is 14.5. The molecule has 1 heterocycles. The summed E-state index contributed by atoms with van der Waals surface area (Å²) in [7, 11) is 0. The Morgan fingerprint density at radius 1 is 0.947 bits per heavy atom. The molecular weight excluding hydrogens is 232 g/mol. The van der Waals surface area contributed by atoms with E-state index < -0.39 is 0 Å². The lowest BCUT2D eigenvalue weighted by Gasteiger charge is -2.11. The van der Waals surface area contributed by atoms with Crippen LogP contribution in [0.15, 0.2) is 48.7 Å². The molecule has 2 heteroatoms. The average molecular weight is 248 g/mol. The van der Waals surface area contributed by atoms with E-state index in [1.165, 1.54) is 16.7 Å². The van der Waals surface area contributed by atoms with E-state index in [0.29, 0.717) is 0 Å². The fourth-order valence-electron chi connectivity index (χ4n) is 2.52. The van der Waals surface area contributed by atoms with Crippen LogP contribution in [0.1, 0.15) is 11.1 Å². The molecule has 1 aromatic heterocycles. The standard InChI is InChI=1S/C17H16N2/c1-11-5-7-14(12(2)10-11)15-8-6-13-4-3-9-19-17(13)16(15)18/h3-10H,18H2,1-2H3. The highest BCUT2D eigenvalue weighted by molar-refractivity contribution is 5.98. The molecule has 0 fully saturated rings. The van der Waals surface area contributed by atoms with E-state index in [0.717, 1.165) is 22.2 Å². The van der Waals surface area contributed by atoms with Crippen molar-refractivity contribution in [1.82, 2.24) is 4.98 Å². The number of fused-ring (bicyclic) bond motifs is 1. The van der Waals surface area contributed by atoms with Crippen molar-refractivity contribution in [2.24, 2.45) is 0 Å². The average Bonchev–Trinajstić information content (AvgIpc) is 2.41. The van der Waals surface area contributed by atoms with E-state index in [1.54, 1.807) is 6.20 Å².